The summed E-state index contributed by atoms with van der Waals surface area (Å²) in [6.45, 7) is 11.8. The Morgan fingerprint density at radius 1 is 1.21 bits per heavy atom. The van der Waals surface area contributed by atoms with Gasteiger partial charge in [0.25, 0.3) is 0 Å². The van der Waals surface area contributed by atoms with Crippen LogP contribution in [0.5, 0.6) is 0 Å². The minimum atomic E-state index is -0.0368. The second-order valence-corrected chi connectivity index (χ2v) is 13.3. The van der Waals surface area contributed by atoms with Crippen LogP contribution in [0.25, 0.3) is 0 Å². The summed E-state index contributed by atoms with van der Waals surface area (Å²) in [5.74, 6) is 3.70. The molecule has 4 fully saturated rings. The van der Waals surface area contributed by atoms with E-state index in [4.69, 9.17) is 4.74 Å². The number of carbonyl (C=O) groups excluding carboxylic acids is 1. The van der Waals surface area contributed by atoms with Crippen LogP contribution >= 0.6 is 0 Å². The van der Waals surface area contributed by atoms with Crippen LogP contribution in [0.4, 0.5) is 0 Å². The molecule has 4 nitrogen and oxygen atoms in total. The summed E-state index contributed by atoms with van der Waals surface area (Å²) < 4.78 is 7.12. The van der Waals surface area contributed by atoms with E-state index < -0.39 is 0 Å². The molecule has 2 heterocycles. The molecule has 1 N–H and O–H groups in total. The van der Waals surface area contributed by atoms with Gasteiger partial charge in [-0.3, -0.25) is 9.69 Å². The molecule has 1 unspecified atom stereocenters. The number of carbonyl (C=O) groups is 1. The molecule has 34 heavy (non-hydrogen) atoms. The molecule has 2 saturated carbocycles. The first-order valence-corrected chi connectivity index (χ1v) is 14.2. The minimum absolute atomic E-state index is 0.0368. The summed E-state index contributed by atoms with van der Waals surface area (Å²) >= 11 is 0. The monoisotopic (exact) mass is 467 g/mol. The highest BCUT2D eigenvalue weighted by Crippen LogP contribution is 2.64. The minimum Gasteiger partial charge on any atom is -0.395 e. The van der Waals surface area contributed by atoms with Crippen LogP contribution < -0.4 is 0 Å². The van der Waals surface area contributed by atoms with Gasteiger partial charge in [-0.2, -0.15) is 0 Å². The van der Waals surface area contributed by atoms with Crippen molar-refractivity contribution in [3.63, 3.8) is 0 Å². The Morgan fingerprint density at radius 3 is 2.82 bits per heavy atom. The Balaban J connectivity index is 1.29. The van der Waals surface area contributed by atoms with E-state index in [1.54, 1.807) is 11.1 Å². The molecule has 1 spiro atoms. The van der Waals surface area contributed by atoms with Gasteiger partial charge in [-0.1, -0.05) is 37.5 Å². The third-order valence-electron chi connectivity index (χ3n) is 11.5. The Labute approximate surface area is 206 Å². The average Bonchev–Trinajstić information content (AvgIpc) is 3.25. The van der Waals surface area contributed by atoms with Gasteiger partial charge in [0.1, 0.15) is 0 Å². The van der Waals surface area contributed by atoms with Crippen LogP contribution in [0.1, 0.15) is 85.5 Å². The zero-order valence-corrected chi connectivity index (χ0v) is 21.8. The molecule has 9 atom stereocenters. The van der Waals surface area contributed by atoms with Crippen molar-refractivity contribution in [1.29, 1.82) is 0 Å². The number of rotatable bonds is 2. The van der Waals surface area contributed by atoms with E-state index in [2.05, 4.69) is 32.6 Å². The molecule has 6 rings (SSSR count). The summed E-state index contributed by atoms with van der Waals surface area (Å²) in [6, 6.07) is 0.452. The molecule has 0 bridgehead atoms. The molecule has 0 amide bonds. The number of β-amino-alcohol motifs (C(OH)–C–C–N with tert-alkyl or cyclic N) is 1. The summed E-state index contributed by atoms with van der Waals surface area (Å²) in [4.78, 5) is 14.7. The zero-order valence-electron chi connectivity index (χ0n) is 21.8. The summed E-state index contributed by atoms with van der Waals surface area (Å²) in [6.07, 6.45) is 12.5. The fourth-order valence-electron chi connectivity index (χ4n) is 9.89. The van der Waals surface area contributed by atoms with Crippen molar-refractivity contribution < 1.29 is 14.6 Å². The molecule has 0 radical (unpaired) electrons. The van der Waals surface area contributed by atoms with Gasteiger partial charge in [0.2, 0.25) is 0 Å². The number of piperidine rings is 1. The molecular weight excluding hydrogens is 422 g/mol. The van der Waals surface area contributed by atoms with Crippen LogP contribution in [-0.4, -0.2) is 53.2 Å². The number of aliphatic hydroxyl groups excluding tert-OH is 1. The first-order valence-electron chi connectivity index (χ1n) is 14.2. The quantitative estimate of drug-likeness (QED) is 0.560. The van der Waals surface area contributed by atoms with E-state index in [-0.39, 0.29) is 17.6 Å². The van der Waals surface area contributed by atoms with Crippen molar-refractivity contribution in [2.24, 2.45) is 35.0 Å². The van der Waals surface area contributed by atoms with Crippen molar-refractivity contribution in [1.82, 2.24) is 4.90 Å². The molecule has 4 heteroatoms. The van der Waals surface area contributed by atoms with Crippen molar-refractivity contribution in [3.8, 4) is 0 Å². The molecule has 188 valence electrons. The van der Waals surface area contributed by atoms with E-state index in [0.29, 0.717) is 35.7 Å². The first kappa shape index (κ1) is 23.4. The topological polar surface area (TPSA) is 49.8 Å². The molecular formula is C30H45NO3. The smallest absolute Gasteiger partial charge is 0.155 e. The van der Waals surface area contributed by atoms with Gasteiger partial charge in [-0.05, 0) is 93.5 Å². The second kappa shape index (κ2) is 8.28. The number of fused-ring (bicyclic) bond motifs is 6. The Morgan fingerprint density at radius 2 is 2.03 bits per heavy atom. The van der Waals surface area contributed by atoms with Crippen molar-refractivity contribution in [2.75, 3.05) is 19.7 Å². The molecule has 0 aromatic heterocycles. The second-order valence-electron chi connectivity index (χ2n) is 13.3. The molecule has 0 aromatic carbocycles. The van der Waals surface area contributed by atoms with Crippen LogP contribution in [-0.2, 0) is 9.53 Å². The predicted octanol–water partition coefficient (Wildman–Crippen LogP) is 5.30. The first-order chi connectivity index (χ1) is 16.3. The standard InChI is InChI=1S/C30H45NO3/c1-18-13-27-28(31(17-18)11-12-32)20(3)30(34-27)10-8-23-24-6-5-21-14-22(33)7-9-29(21,4)26(24)15-25(23)19(2)16-30/h14,18,20,23-24,26-28,32H,5-13,15-17H2,1-4H3/t18-,20+,23-,24?,26-,27+,28-,29-,30-/m0/s1. The highest BCUT2D eigenvalue weighted by atomic mass is 16.5. The van der Waals surface area contributed by atoms with Crippen LogP contribution in [0, 0.1) is 35.0 Å². The number of allylic oxidation sites excluding steroid dienone is 3. The number of hydrogen-bond donors (Lipinski definition) is 1. The van der Waals surface area contributed by atoms with Crippen molar-refractivity contribution >= 4 is 5.78 Å². The van der Waals surface area contributed by atoms with Crippen LogP contribution in [0.3, 0.4) is 0 Å². The summed E-state index contributed by atoms with van der Waals surface area (Å²) in [7, 11) is 0. The lowest BCUT2D eigenvalue weighted by molar-refractivity contribution is -0.116. The largest absolute Gasteiger partial charge is 0.395 e. The maximum atomic E-state index is 12.1. The molecule has 2 aliphatic heterocycles. The molecule has 4 aliphatic carbocycles. The van der Waals surface area contributed by atoms with Crippen molar-refractivity contribution in [3.05, 3.63) is 22.8 Å². The van der Waals surface area contributed by atoms with Crippen LogP contribution in [0.2, 0.25) is 0 Å². The van der Waals surface area contributed by atoms with Gasteiger partial charge in [0.15, 0.2) is 5.78 Å². The number of likely N-dealkylation sites (tertiary alicyclic amines) is 1. The van der Waals surface area contributed by atoms with Gasteiger partial charge in [0, 0.05) is 31.5 Å². The van der Waals surface area contributed by atoms with Gasteiger partial charge in [0.05, 0.1) is 18.3 Å². The highest BCUT2D eigenvalue weighted by Gasteiger charge is 2.59. The lowest BCUT2D eigenvalue weighted by atomic mass is 9.56. The number of ether oxygens (including phenoxy) is 1. The van der Waals surface area contributed by atoms with E-state index >= 15 is 0 Å². The number of nitrogens with zero attached hydrogens (tertiary/aromatic N) is 1. The maximum Gasteiger partial charge on any atom is 0.155 e. The number of ketones is 1. The average molecular weight is 468 g/mol. The number of aliphatic hydroxyl groups is 1. The third kappa shape index (κ3) is 3.38. The van der Waals surface area contributed by atoms with E-state index in [1.807, 2.05) is 6.08 Å². The van der Waals surface area contributed by atoms with E-state index in [1.165, 1.54) is 31.3 Å². The molecule has 6 aliphatic rings. The molecule has 0 aromatic rings. The fourth-order valence-corrected chi connectivity index (χ4v) is 9.89. The summed E-state index contributed by atoms with van der Waals surface area (Å²) in [5, 5.41) is 9.72. The summed E-state index contributed by atoms with van der Waals surface area (Å²) in [5.41, 5.74) is 5.04. The predicted molar refractivity (Wildman–Crippen MR) is 134 cm³/mol. The normalized spacial score (nSPS) is 48.8. The molecule has 2 saturated heterocycles. The Kier molecular flexibility index (Phi) is 5.71. The van der Waals surface area contributed by atoms with Gasteiger partial charge in [-0.25, -0.2) is 0 Å². The van der Waals surface area contributed by atoms with E-state index in [0.717, 1.165) is 57.0 Å². The third-order valence-corrected chi connectivity index (χ3v) is 11.5. The van der Waals surface area contributed by atoms with Gasteiger partial charge in [-0.15, -0.1) is 0 Å². The lowest BCUT2D eigenvalue weighted by Crippen LogP contribution is -2.52. The number of hydrogen-bond acceptors (Lipinski definition) is 4. The maximum absolute atomic E-state index is 12.1. The van der Waals surface area contributed by atoms with Crippen LogP contribution in [0.15, 0.2) is 22.8 Å². The van der Waals surface area contributed by atoms with Gasteiger partial charge >= 0.3 is 0 Å². The zero-order chi connectivity index (χ0) is 23.8. The van der Waals surface area contributed by atoms with Crippen molar-refractivity contribution in [2.45, 2.75) is 103 Å². The fraction of sp³-hybridized carbons (Fsp3) is 0.833. The Hall–Kier alpha value is -0.970. The van der Waals surface area contributed by atoms with Gasteiger partial charge < -0.3 is 9.84 Å². The van der Waals surface area contributed by atoms with E-state index in [9.17, 15) is 9.90 Å². The Bertz CT molecular complexity index is 922. The lowest BCUT2D eigenvalue weighted by Gasteiger charge is -2.48. The SMILES string of the molecule is CC1=C2C[C@H]3C(CCC4=CC(=O)CC[C@@]43C)[C@@H]2CC[C@@]2(C1)O[C@@H]1C[C@H](C)CN(CCO)[C@H]1[C@H]2C. The highest BCUT2D eigenvalue weighted by molar-refractivity contribution is 5.91.